The summed E-state index contributed by atoms with van der Waals surface area (Å²) in [5.41, 5.74) is 0.473. The Hall–Kier alpha value is -0.930. The molecule has 2 aromatic rings. The number of thiazole rings is 1. The van der Waals surface area contributed by atoms with E-state index in [-0.39, 0.29) is 10.8 Å². The van der Waals surface area contributed by atoms with E-state index in [1.165, 1.54) is 17.5 Å². The van der Waals surface area contributed by atoms with Crippen molar-refractivity contribution >= 4 is 21.6 Å². The van der Waals surface area contributed by atoms with Gasteiger partial charge >= 0.3 is 0 Å². The third-order valence-electron chi connectivity index (χ3n) is 6.57. The molecule has 3 unspecified atom stereocenters. The van der Waals surface area contributed by atoms with Gasteiger partial charge in [-0.15, -0.1) is 11.3 Å². The van der Waals surface area contributed by atoms with Crippen LogP contribution in [-0.4, -0.2) is 15.7 Å². The van der Waals surface area contributed by atoms with Crippen molar-refractivity contribution < 1.29 is 5.11 Å². The number of rotatable bonds is 2. The smallest absolute Gasteiger partial charge is 0.0967 e. The summed E-state index contributed by atoms with van der Waals surface area (Å²) in [6, 6.07) is 8.27. The summed E-state index contributed by atoms with van der Waals surface area (Å²) in [5, 5.41) is 12.7. The fourth-order valence-corrected chi connectivity index (χ4v) is 6.05. The molecule has 2 fully saturated rings. The molecule has 2 aliphatic rings. The van der Waals surface area contributed by atoms with E-state index >= 15 is 0 Å². The fourth-order valence-electron chi connectivity index (χ4n) is 5.00. The van der Waals surface area contributed by atoms with Crippen LogP contribution in [0.4, 0.5) is 0 Å². The van der Waals surface area contributed by atoms with E-state index in [1.54, 1.807) is 11.3 Å². The zero-order chi connectivity index (χ0) is 14.9. The quantitative estimate of drug-likeness (QED) is 0.891. The lowest BCUT2D eigenvalue weighted by atomic mass is 9.59. The Labute approximate surface area is 130 Å². The molecule has 0 radical (unpaired) electrons. The molecule has 1 aromatic heterocycles. The van der Waals surface area contributed by atoms with E-state index in [1.807, 2.05) is 6.07 Å². The standard InChI is InChI=1S/C18H23NOS/c1-16(2)12-8-9-17(3,10-12)18(16,20)11-15-19-13-6-4-5-7-14(13)21-15/h4-7,12,20H,8-11H2,1-3H3. The molecule has 0 aliphatic heterocycles. The average molecular weight is 301 g/mol. The van der Waals surface area contributed by atoms with Crippen molar-refractivity contribution in [3.05, 3.63) is 29.3 Å². The van der Waals surface area contributed by atoms with Crippen LogP contribution in [0.15, 0.2) is 24.3 Å². The van der Waals surface area contributed by atoms with Crippen molar-refractivity contribution in [3.63, 3.8) is 0 Å². The van der Waals surface area contributed by atoms with Gasteiger partial charge < -0.3 is 5.11 Å². The van der Waals surface area contributed by atoms with Crippen LogP contribution in [0.3, 0.4) is 0 Å². The molecule has 1 heterocycles. The van der Waals surface area contributed by atoms with E-state index in [0.717, 1.165) is 16.9 Å². The molecule has 2 nitrogen and oxygen atoms in total. The Balaban J connectivity index is 1.75. The third-order valence-corrected chi connectivity index (χ3v) is 7.61. The van der Waals surface area contributed by atoms with Gasteiger partial charge in [0.05, 0.1) is 20.8 Å². The Bertz CT molecular complexity index is 666. The first-order valence-corrected chi connectivity index (χ1v) is 8.74. The van der Waals surface area contributed by atoms with Crippen molar-refractivity contribution in [3.8, 4) is 0 Å². The maximum atomic E-state index is 11.6. The Morgan fingerprint density at radius 1 is 1.29 bits per heavy atom. The van der Waals surface area contributed by atoms with Crippen LogP contribution in [0, 0.1) is 16.7 Å². The minimum absolute atomic E-state index is 0.0160. The minimum atomic E-state index is -0.628. The highest BCUT2D eigenvalue weighted by Gasteiger charge is 2.68. The first-order valence-electron chi connectivity index (χ1n) is 7.93. The number of fused-ring (bicyclic) bond motifs is 3. The van der Waals surface area contributed by atoms with Crippen LogP contribution in [-0.2, 0) is 6.42 Å². The fraction of sp³-hybridized carbons (Fsp3) is 0.611. The van der Waals surface area contributed by atoms with Crippen LogP contribution in [0.1, 0.15) is 45.0 Å². The third kappa shape index (κ3) is 1.65. The molecule has 2 aliphatic carbocycles. The topological polar surface area (TPSA) is 33.1 Å². The summed E-state index contributed by atoms with van der Waals surface area (Å²) < 4.78 is 1.22. The first-order chi connectivity index (χ1) is 9.86. The first kappa shape index (κ1) is 13.7. The van der Waals surface area contributed by atoms with Crippen LogP contribution in [0.2, 0.25) is 0 Å². The van der Waals surface area contributed by atoms with E-state index in [0.29, 0.717) is 12.3 Å². The second-order valence-corrected chi connectivity index (χ2v) is 8.95. The lowest BCUT2D eigenvalue weighted by Crippen LogP contribution is -2.55. The van der Waals surface area contributed by atoms with E-state index in [2.05, 4.69) is 39.0 Å². The molecule has 21 heavy (non-hydrogen) atoms. The summed E-state index contributed by atoms with van der Waals surface area (Å²) in [6.07, 6.45) is 4.29. The van der Waals surface area contributed by atoms with Crippen LogP contribution in [0.5, 0.6) is 0 Å². The predicted octanol–water partition coefficient (Wildman–Crippen LogP) is 4.42. The summed E-state index contributed by atoms with van der Waals surface area (Å²) in [6.45, 7) is 6.81. The molecule has 4 rings (SSSR count). The molecule has 0 amide bonds. The number of hydrogen-bond donors (Lipinski definition) is 1. The van der Waals surface area contributed by atoms with Gasteiger partial charge in [0.15, 0.2) is 0 Å². The second kappa shape index (κ2) is 4.08. The number of nitrogens with zero attached hydrogens (tertiary/aromatic N) is 1. The monoisotopic (exact) mass is 301 g/mol. The summed E-state index contributed by atoms with van der Waals surface area (Å²) >= 11 is 1.74. The minimum Gasteiger partial charge on any atom is -0.388 e. The number of benzene rings is 1. The highest BCUT2D eigenvalue weighted by atomic mass is 32.1. The van der Waals surface area contributed by atoms with Crippen LogP contribution in [0.25, 0.3) is 10.2 Å². The molecule has 3 atom stereocenters. The van der Waals surface area contributed by atoms with E-state index in [4.69, 9.17) is 4.98 Å². The van der Waals surface area contributed by atoms with E-state index < -0.39 is 5.60 Å². The van der Waals surface area contributed by atoms with Gasteiger partial charge in [0.25, 0.3) is 0 Å². The molecular weight excluding hydrogens is 278 g/mol. The van der Waals surface area contributed by atoms with Gasteiger partial charge in [0.1, 0.15) is 0 Å². The van der Waals surface area contributed by atoms with Crippen molar-refractivity contribution in [2.24, 2.45) is 16.7 Å². The Morgan fingerprint density at radius 3 is 2.71 bits per heavy atom. The molecular formula is C18H23NOS. The number of aliphatic hydroxyl groups is 1. The van der Waals surface area contributed by atoms with Gasteiger partial charge in [-0.2, -0.15) is 0 Å². The lowest BCUT2D eigenvalue weighted by Gasteiger charge is -2.50. The van der Waals surface area contributed by atoms with Crippen molar-refractivity contribution in [2.45, 2.75) is 52.1 Å². The van der Waals surface area contributed by atoms with Gasteiger partial charge in [0, 0.05) is 6.42 Å². The average Bonchev–Trinajstić information content (AvgIpc) is 3.04. The van der Waals surface area contributed by atoms with Crippen molar-refractivity contribution in [1.29, 1.82) is 0 Å². The number of hydrogen-bond acceptors (Lipinski definition) is 3. The molecule has 2 bridgehead atoms. The Kier molecular flexibility index (Phi) is 2.66. The lowest BCUT2D eigenvalue weighted by molar-refractivity contribution is -0.141. The predicted molar refractivity (Wildman–Crippen MR) is 87.5 cm³/mol. The normalized spacial score (nSPS) is 37.4. The zero-order valence-corrected chi connectivity index (χ0v) is 13.8. The van der Waals surface area contributed by atoms with Gasteiger partial charge in [-0.25, -0.2) is 4.98 Å². The highest BCUT2D eigenvalue weighted by Crippen LogP contribution is 2.68. The van der Waals surface area contributed by atoms with E-state index in [9.17, 15) is 5.11 Å². The molecule has 112 valence electrons. The maximum Gasteiger partial charge on any atom is 0.0967 e. The number of para-hydroxylation sites is 1. The van der Waals surface area contributed by atoms with Crippen molar-refractivity contribution in [1.82, 2.24) is 4.98 Å². The van der Waals surface area contributed by atoms with Crippen LogP contribution < -0.4 is 0 Å². The molecule has 1 N–H and O–H groups in total. The second-order valence-electron chi connectivity index (χ2n) is 7.83. The molecule has 0 saturated heterocycles. The largest absolute Gasteiger partial charge is 0.388 e. The van der Waals surface area contributed by atoms with Gasteiger partial charge in [0.2, 0.25) is 0 Å². The highest BCUT2D eigenvalue weighted by molar-refractivity contribution is 7.18. The maximum absolute atomic E-state index is 11.6. The zero-order valence-electron chi connectivity index (χ0n) is 13.0. The van der Waals surface area contributed by atoms with Crippen LogP contribution >= 0.6 is 11.3 Å². The molecule has 1 aromatic carbocycles. The van der Waals surface area contributed by atoms with Crippen molar-refractivity contribution in [2.75, 3.05) is 0 Å². The molecule has 0 spiro atoms. The summed E-state index contributed by atoms with van der Waals surface area (Å²) in [4.78, 5) is 4.76. The summed E-state index contributed by atoms with van der Waals surface area (Å²) in [5.74, 6) is 0.655. The Morgan fingerprint density at radius 2 is 2.05 bits per heavy atom. The van der Waals surface area contributed by atoms with Gasteiger partial charge in [-0.05, 0) is 48.1 Å². The number of aromatic nitrogens is 1. The summed E-state index contributed by atoms with van der Waals surface area (Å²) in [7, 11) is 0. The van der Waals surface area contributed by atoms with Gasteiger partial charge in [-0.1, -0.05) is 32.9 Å². The SMILES string of the molecule is CC12CCC(C1)C(C)(C)C2(O)Cc1nc2ccccc2s1. The molecule has 3 heteroatoms. The molecule has 2 saturated carbocycles. The van der Waals surface area contributed by atoms with Gasteiger partial charge in [-0.3, -0.25) is 0 Å².